The Bertz CT molecular complexity index is 554. The molecule has 4 heteroatoms. The molecule has 0 saturated carbocycles. The van der Waals surface area contributed by atoms with Gasteiger partial charge in [-0.05, 0) is 30.3 Å². The number of rotatable bonds is 7. The molecule has 0 aromatic heterocycles. The minimum atomic E-state index is -0.668. The maximum Gasteiger partial charge on any atom is 0.124 e. The zero-order chi connectivity index (χ0) is 15.1. The predicted molar refractivity (Wildman–Crippen MR) is 81.1 cm³/mol. The second kappa shape index (κ2) is 7.55. The normalized spacial score (nSPS) is 11.8. The molecular formula is C17H20O4. The van der Waals surface area contributed by atoms with E-state index in [4.69, 9.17) is 14.2 Å². The molecule has 0 heterocycles. The largest absolute Gasteiger partial charge is 0.497 e. The number of aliphatic hydroxyl groups excluding tert-OH is 1. The van der Waals surface area contributed by atoms with Crippen LogP contribution in [0.2, 0.25) is 0 Å². The number of benzene rings is 2. The van der Waals surface area contributed by atoms with Gasteiger partial charge in [0.2, 0.25) is 0 Å². The van der Waals surface area contributed by atoms with Crippen molar-refractivity contribution in [1.29, 1.82) is 0 Å². The van der Waals surface area contributed by atoms with Gasteiger partial charge >= 0.3 is 0 Å². The van der Waals surface area contributed by atoms with Crippen molar-refractivity contribution in [1.82, 2.24) is 0 Å². The molecule has 0 saturated heterocycles. The molecule has 2 aromatic carbocycles. The van der Waals surface area contributed by atoms with Crippen molar-refractivity contribution in [3.8, 4) is 17.2 Å². The average Bonchev–Trinajstić information content (AvgIpc) is 2.55. The van der Waals surface area contributed by atoms with Gasteiger partial charge < -0.3 is 19.3 Å². The van der Waals surface area contributed by atoms with Gasteiger partial charge in [-0.3, -0.25) is 0 Å². The molecular weight excluding hydrogens is 268 g/mol. The van der Waals surface area contributed by atoms with Gasteiger partial charge in [0, 0.05) is 12.0 Å². The van der Waals surface area contributed by atoms with Crippen LogP contribution in [0.15, 0.2) is 48.5 Å². The third-order valence-corrected chi connectivity index (χ3v) is 3.20. The second-order valence-corrected chi connectivity index (χ2v) is 4.57. The van der Waals surface area contributed by atoms with Gasteiger partial charge in [0.25, 0.3) is 0 Å². The highest BCUT2D eigenvalue weighted by molar-refractivity contribution is 5.41. The Morgan fingerprint density at radius 3 is 2.38 bits per heavy atom. The summed E-state index contributed by atoms with van der Waals surface area (Å²) in [5.74, 6) is 2.12. The van der Waals surface area contributed by atoms with E-state index in [0.717, 1.165) is 5.75 Å². The average molecular weight is 288 g/mol. The summed E-state index contributed by atoms with van der Waals surface area (Å²) in [6, 6.07) is 14.9. The molecule has 0 fully saturated rings. The first kappa shape index (κ1) is 15.2. The Hall–Kier alpha value is -2.20. The van der Waals surface area contributed by atoms with Crippen molar-refractivity contribution < 1.29 is 19.3 Å². The first-order chi connectivity index (χ1) is 10.2. The maximum absolute atomic E-state index is 10.3. The minimum absolute atomic E-state index is 0.422. The summed E-state index contributed by atoms with van der Waals surface area (Å²) in [5.41, 5.74) is 0.702. The van der Waals surface area contributed by atoms with Crippen LogP contribution < -0.4 is 14.2 Å². The molecule has 0 radical (unpaired) electrons. The number of aliphatic hydroxyl groups is 1. The van der Waals surface area contributed by atoms with Gasteiger partial charge in [-0.15, -0.1) is 0 Å². The zero-order valence-electron chi connectivity index (χ0n) is 12.3. The molecule has 0 aliphatic carbocycles. The highest BCUT2D eigenvalue weighted by atomic mass is 16.5. The number of para-hydroxylation sites is 1. The first-order valence-corrected chi connectivity index (χ1v) is 6.82. The van der Waals surface area contributed by atoms with E-state index in [2.05, 4.69) is 0 Å². The molecule has 4 nitrogen and oxygen atoms in total. The summed E-state index contributed by atoms with van der Waals surface area (Å²) in [7, 11) is 3.18. The van der Waals surface area contributed by atoms with E-state index < -0.39 is 6.10 Å². The summed E-state index contributed by atoms with van der Waals surface area (Å²) < 4.78 is 16.1. The third kappa shape index (κ3) is 4.13. The second-order valence-electron chi connectivity index (χ2n) is 4.57. The lowest BCUT2D eigenvalue weighted by atomic mass is 10.1. The monoisotopic (exact) mass is 288 g/mol. The van der Waals surface area contributed by atoms with E-state index in [1.807, 2.05) is 30.3 Å². The first-order valence-electron chi connectivity index (χ1n) is 6.82. The summed E-state index contributed by atoms with van der Waals surface area (Å²) in [5, 5.41) is 10.3. The summed E-state index contributed by atoms with van der Waals surface area (Å²) in [6.45, 7) is 0.422. The zero-order valence-corrected chi connectivity index (χ0v) is 12.3. The van der Waals surface area contributed by atoms with Crippen LogP contribution in [-0.4, -0.2) is 25.9 Å². The van der Waals surface area contributed by atoms with Crippen molar-refractivity contribution in [3.05, 3.63) is 54.1 Å². The van der Waals surface area contributed by atoms with Crippen LogP contribution in [0, 0.1) is 0 Å². The van der Waals surface area contributed by atoms with E-state index in [-0.39, 0.29) is 0 Å². The third-order valence-electron chi connectivity index (χ3n) is 3.20. The molecule has 0 bridgehead atoms. The Kier molecular flexibility index (Phi) is 5.46. The summed E-state index contributed by atoms with van der Waals surface area (Å²) in [6.07, 6.45) is -0.197. The lowest BCUT2D eigenvalue weighted by Crippen LogP contribution is -2.07. The van der Waals surface area contributed by atoms with Gasteiger partial charge in [-0.1, -0.05) is 18.2 Å². The molecule has 21 heavy (non-hydrogen) atoms. The van der Waals surface area contributed by atoms with Crippen LogP contribution in [0.1, 0.15) is 18.1 Å². The highest BCUT2D eigenvalue weighted by Gasteiger charge is 2.14. The standard InChI is InChI=1S/C17H20O4/c1-19-14-8-9-17(20-2)15(12-14)16(18)10-11-21-13-6-4-3-5-7-13/h3-9,12,16,18H,10-11H2,1-2H3. The number of methoxy groups -OCH3 is 2. The molecule has 0 aliphatic heterocycles. The fraction of sp³-hybridized carbons (Fsp3) is 0.294. The number of hydrogen-bond donors (Lipinski definition) is 1. The fourth-order valence-electron chi connectivity index (χ4n) is 2.06. The molecule has 1 N–H and O–H groups in total. The Labute approximate surface area is 124 Å². The number of hydrogen-bond acceptors (Lipinski definition) is 4. The van der Waals surface area contributed by atoms with Crippen molar-refractivity contribution in [2.75, 3.05) is 20.8 Å². The topological polar surface area (TPSA) is 47.9 Å². The van der Waals surface area contributed by atoms with Gasteiger partial charge in [0.05, 0.1) is 26.9 Å². The molecule has 1 atom stereocenters. The SMILES string of the molecule is COc1ccc(OC)c(C(O)CCOc2ccccc2)c1. The molecule has 112 valence electrons. The molecule has 0 spiro atoms. The van der Waals surface area contributed by atoms with Gasteiger partial charge in [-0.25, -0.2) is 0 Å². The van der Waals surface area contributed by atoms with Crippen molar-refractivity contribution in [2.45, 2.75) is 12.5 Å². The van der Waals surface area contributed by atoms with Crippen LogP contribution in [0.4, 0.5) is 0 Å². The summed E-state index contributed by atoms with van der Waals surface area (Å²) >= 11 is 0. The van der Waals surface area contributed by atoms with E-state index in [9.17, 15) is 5.11 Å². The minimum Gasteiger partial charge on any atom is -0.497 e. The van der Waals surface area contributed by atoms with Crippen LogP contribution in [0.3, 0.4) is 0 Å². The van der Waals surface area contributed by atoms with Crippen LogP contribution in [0.25, 0.3) is 0 Å². The Balaban J connectivity index is 1.97. The van der Waals surface area contributed by atoms with Gasteiger partial charge in [-0.2, -0.15) is 0 Å². The van der Waals surface area contributed by atoms with Crippen LogP contribution in [-0.2, 0) is 0 Å². The van der Waals surface area contributed by atoms with Crippen molar-refractivity contribution in [2.24, 2.45) is 0 Å². The van der Waals surface area contributed by atoms with Crippen molar-refractivity contribution >= 4 is 0 Å². The number of ether oxygens (including phenoxy) is 3. The molecule has 2 rings (SSSR count). The smallest absolute Gasteiger partial charge is 0.124 e. The Morgan fingerprint density at radius 1 is 0.952 bits per heavy atom. The Morgan fingerprint density at radius 2 is 1.71 bits per heavy atom. The fourth-order valence-corrected chi connectivity index (χ4v) is 2.06. The quantitative estimate of drug-likeness (QED) is 0.850. The molecule has 0 amide bonds. The van der Waals surface area contributed by atoms with E-state index >= 15 is 0 Å². The van der Waals surface area contributed by atoms with Crippen LogP contribution >= 0.6 is 0 Å². The lowest BCUT2D eigenvalue weighted by Gasteiger charge is -2.16. The van der Waals surface area contributed by atoms with Gasteiger partial charge in [0.1, 0.15) is 17.2 Å². The molecule has 2 aromatic rings. The highest BCUT2D eigenvalue weighted by Crippen LogP contribution is 2.31. The molecule has 0 aliphatic rings. The summed E-state index contributed by atoms with van der Waals surface area (Å²) in [4.78, 5) is 0. The maximum atomic E-state index is 10.3. The van der Waals surface area contributed by atoms with E-state index in [1.54, 1.807) is 32.4 Å². The van der Waals surface area contributed by atoms with E-state index in [1.165, 1.54) is 0 Å². The van der Waals surface area contributed by atoms with Crippen LogP contribution in [0.5, 0.6) is 17.2 Å². The molecule has 1 unspecified atom stereocenters. The lowest BCUT2D eigenvalue weighted by molar-refractivity contribution is 0.137. The van der Waals surface area contributed by atoms with E-state index in [0.29, 0.717) is 30.1 Å². The van der Waals surface area contributed by atoms with Crippen molar-refractivity contribution in [3.63, 3.8) is 0 Å². The van der Waals surface area contributed by atoms with Gasteiger partial charge in [0.15, 0.2) is 0 Å². The predicted octanol–water partition coefficient (Wildman–Crippen LogP) is 3.21.